The number of carbonyl (C=O) groups is 1. The van der Waals surface area contributed by atoms with Crippen LogP contribution in [0.25, 0.3) is 16.6 Å². The molecule has 0 radical (unpaired) electrons. The Morgan fingerprint density at radius 3 is 2.81 bits per heavy atom. The molecule has 4 rings (SSSR count). The molecule has 0 fully saturated rings. The zero-order valence-electron chi connectivity index (χ0n) is 13.5. The number of hydrogen-bond acceptors (Lipinski definition) is 4. The number of amides is 1. The molecule has 0 bridgehead atoms. The summed E-state index contributed by atoms with van der Waals surface area (Å²) in [5.74, 6) is -0.324. The van der Waals surface area contributed by atoms with Crippen LogP contribution in [-0.4, -0.2) is 15.3 Å². The highest BCUT2D eigenvalue weighted by Gasteiger charge is 2.18. The van der Waals surface area contributed by atoms with Gasteiger partial charge in [0.05, 0.1) is 10.9 Å². The Labute approximate surface area is 161 Å². The maximum Gasteiger partial charge on any atom is 0.269 e. The van der Waals surface area contributed by atoms with Crippen LogP contribution in [-0.2, 0) is 0 Å². The van der Waals surface area contributed by atoms with Gasteiger partial charge in [0.25, 0.3) is 11.5 Å². The Morgan fingerprint density at radius 2 is 2.04 bits per heavy atom. The lowest BCUT2D eigenvalue weighted by Crippen LogP contribution is -2.15. The fourth-order valence-electron chi connectivity index (χ4n) is 2.81. The second-order valence-corrected chi connectivity index (χ2v) is 7.85. The maximum atomic E-state index is 12.8. The number of hydrogen-bond donors (Lipinski definition) is 2. The van der Waals surface area contributed by atoms with E-state index in [2.05, 4.69) is 10.3 Å². The van der Waals surface area contributed by atoms with Crippen LogP contribution in [0.1, 0.15) is 15.2 Å². The minimum atomic E-state index is -0.324. The van der Waals surface area contributed by atoms with Gasteiger partial charge in [0.1, 0.15) is 10.5 Å². The van der Waals surface area contributed by atoms with E-state index in [0.29, 0.717) is 36.1 Å². The molecular formula is C18H12ClN3O2S2. The third-order valence-corrected chi connectivity index (χ3v) is 5.70. The fraction of sp³-hybridized carbons (Fsp3) is 0.0556. The van der Waals surface area contributed by atoms with Crippen molar-refractivity contribution in [2.24, 2.45) is 0 Å². The number of para-hydroxylation sites is 1. The highest BCUT2D eigenvalue weighted by Crippen LogP contribution is 2.25. The van der Waals surface area contributed by atoms with Crippen molar-refractivity contribution in [1.29, 1.82) is 0 Å². The number of carbonyl (C=O) groups excluding carboxylic acids is 1. The Morgan fingerprint density at radius 1 is 1.27 bits per heavy atom. The van der Waals surface area contributed by atoms with E-state index in [4.69, 9.17) is 23.8 Å². The van der Waals surface area contributed by atoms with E-state index in [9.17, 15) is 9.59 Å². The van der Waals surface area contributed by atoms with Crippen molar-refractivity contribution in [2.45, 2.75) is 6.92 Å². The lowest BCUT2D eigenvalue weighted by atomic mass is 10.2. The van der Waals surface area contributed by atoms with Crippen molar-refractivity contribution in [3.05, 3.63) is 72.2 Å². The lowest BCUT2D eigenvalue weighted by molar-refractivity contribution is 0.103. The molecule has 0 aliphatic rings. The van der Waals surface area contributed by atoms with E-state index < -0.39 is 0 Å². The average molecular weight is 402 g/mol. The third kappa shape index (κ3) is 2.74. The summed E-state index contributed by atoms with van der Waals surface area (Å²) in [7, 11) is 0. The number of aromatic nitrogens is 2. The van der Waals surface area contributed by atoms with Crippen molar-refractivity contribution < 1.29 is 4.79 Å². The second kappa shape index (κ2) is 6.35. The number of aromatic amines is 1. The van der Waals surface area contributed by atoms with Crippen LogP contribution in [0.4, 0.5) is 5.69 Å². The van der Waals surface area contributed by atoms with Gasteiger partial charge in [0.2, 0.25) is 0 Å². The number of H-pyrrole nitrogens is 1. The number of nitrogens with one attached hydrogen (secondary N) is 2. The van der Waals surface area contributed by atoms with Gasteiger partial charge >= 0.3 is 0 Å². The predicted octanol–water partition coefficient (Wildman–Crippen LogP) is 4.79. The largest absolute Gasteiger partial charge is 0.321 e. The molecule has 2 heterocycles. The first-order chi connectivity index (χ1) is 12.5. The maximum absolute atomic E-state index is 12.8. The first-order valence-corrected chi connectivity index (χ1v) is 9.30. The van der Waals surface area contributed by atoms with Gasteiger partial charge in [-0.3, -0.25) is 14.0 Å². The monoisotopic (exact) mass is 401 g/mol. The second-order valence-electron chi connectivity index (χ2n) is 5.77. The minimum Gasteiger partial charge on any atom is -0.321 e. The van der Waals surface area contributed by atoms with Crippen LogP contribution >= 0.6 is 35.2 Å². The lowest BCUT2D eigenvalue weighted by Gasteiger charge is -2.07. The quantitative estimate of drug-likeness (QED) is 0.475. The van der Waals surface area contributed by atoms with Crippen LogP contribution in [0.15, 0.2) is 47.3 Å². The number of benzene rings is 2. The van der Waals surface area contributed by atoms with E-state index in [0.717, 1.165) is 16.9 Å². The average Bonchev–Trinajstić information content (AvgIpc) is 2.93. The summed E-state index contributed by atoms with van der Waals surface area (Å²) < 4.78 is 2.13. The molecule has 130 valence electrons. The topological polar surface area (TPSA) is 66.4 Å². The number of aryl methyl sites for hydroxylation is 1. The number of thiazole rings is 1. The van der Waals surface area contributed by atoms with Crippen LogP contribution in [0, 0.1) is 10.9 Å². The highest BCUT2D eigenvalue weighted by atomic mass is 35.5. The normalized spacial score (nSPS) is 11.2. The van der Waals surface area contributed by atoms with Gasteiger partial charge in [-0.2, -0.15) is 0 Å². The van der Waals surface area contributed by atoms with Gasteiger partial charge in [-0.25, -0.2) is 0 Å². The van der Waals surface area contributed by atoms with Gasteiger partial charge in [-0.1, -0.05) is 41.1 Å². The summed E-state index contributed by atoms with van der Waals surface area (Å²) in [6, 6.07) is 12.4. The smallest absolute Gasteiger partial charge is 0.269 e. The van der Waals surface area contributed by atoms with E-state index in [1.807, 2.05) is 31.2 Å². The molecule has 0 spiro atoms. The molecule has 0 saturated carbocycles. The molecule has 0 aliphatic carbocycles. The van der Waals surface area contributed by atoms with Crippen molar-refractivity contribution in [3.63, 3.8) is 0 Å². The van der Waals surface area contributed by atoms with E-state index >= 15 is 0 Å². The molecule has 8 heteroatoms. The van der Waals surface area contributed by atoms with Crippen LogP contribution in [0.2, 0.25) is 5.02 Å². The van der Waals surface area contributed by atoms with E-state index in [1.165, 1.54) is 0 Å². The summed E-state index contributed by atoms with van der Waals surface area (Å²) in [4.78, 5) is 28.3. The zero-order chi connectivity index (χ0) is 18.4. The van der Waals surface area contributed by atoms with Gasteiger partial charge < -0.3 is 10.3 Å². The SMILES string of the molecule is Cc1ccccc1NC(=O)c1sc(=S)n2c1[nH]c(=O)c1ccc(Cl)cc12. The molecule has 0 atom stereocenters. The van der Waals surface area contributed by atoms with Crippen molar-refractivity contribution in [1.82, 2.24) is 9.38 Å². The highest BCUT2D eigenvalue weighted by molar-refractivity contribution is 7.73. The first-order valence-electron chi connectivity index (χ1n) is 7.70. The predicted molar refractivity (Wildman–Crippen MR) is 108 cm³/mol. The van der Waals surface area contributed by atoms with Gasteiger partial charge in [0, 0.05) is 10.7 Å². The number of anilines is 1. The van der Waals surface area contributed by atoms with Crippen molar-refractivity contribution >= 4 is 63.3 Å². The first kappa shape index (κ1) is 17.0. The molecular weight excluding hydrogens is 390 g/mol. The van der Waals surface area contributed by atoms with E-state index in [-0.39, 0.29) is 11.5 Å². The van der Waals surface area contributed by atoms with Crippen molar-refractivity contribution in [2.75, 3.05) is 5.32 Å². The standard InChI is InChI=1S/C18H12ClN3O2S2/c1-9-4-2-3-5-12(9)20-17(24)14-15-21-16(23)11-7-6-10(19)8-13(11)22(15)18(25)26-14/h2-8H,1H3,(H,20,24)(H,21,23). The summed E-state index contributed by atoms with van der Waals surface area (Å²) in [6.07, 6.45) is 0. The zero-order valence-corrected chi connectivity index (χ0v) is 15.9. The van der Waals surface area contributed by atoms with E-state index in [1.54, 1.807) is 22.6 Å². The number of nitrogens with zero attached hydrogens (tertiary/aromatic N) is 1. The molecule has 0 aliphatic heterocycles. The summed E-state index contributed by atoms with van der Waals surface area (Å²) in [5, 5.41) is 3.82. The molecule has 26 heavy (non-hydrogen) atoms. The number of halogens is 1. The summed E-state index contributed by atoms with van der Waals surface area (Å²) in [5.41, 5.74) is 2.30. The third-order valence-electron chi connectivity index (χ3n) is 4.09. The van der Waals surface area contributed by atoms with Crippen molar-refractivity contribution in [3.8, 4) is 0 Å². The molecule has 4 aromatic rings. The Bertz CT molecular complexity index is 1300. The number of rotatable bonds is 2. The molecule has 2 aromatic carbocycles. The van der Waals surface area contributed by atoms with Gasteiger partial charge in [-0.05, 0) is 49.0 Å². The molecule has 0 saturated heterocycles. The minimum absolute atomic E-state index is 0.297. The van der Waals surface area contributed by atoms with Crippen LogP contribution in [0.3, 0.4) is 0 Å². The molecule has 0 unspecified atom stereocenters. The van der Waals surface area contributed by atoms with Gasteiger partial charge in [0.15, 0.2) is 3.95 Å². The Kier molecular flexibility index (Phi) is 4.14. The van der Waals surface area contributed by atoms with Crippen LogP contribution in [0.5, 0.6) is 0 Å². The Balaban J connectivity index is 1.93. The molecule has 2 N–H and O–H groups in total. The summed E-state index contributed by atoms with van der Waals surface area (Å²) >= 11 is 12.7. The molecule has 5 nitrogen and oxygen atoms in total. The fourth-order valence-corrected chi connectivity index (χ4v) is 4.25. The molecule has 2 aromatic heterocycles. The number of fused-ring (bicyclic) bond motifs is 3. The van der Waals surface area contributed by atoms with Gasteiger partial charge in [-0.15, -0.1) is 0 Å². The summed E-state index contributed by atoms with van der Waals surface area (Å²) in [6.45, 7) is 1.91. The molecule has 1 amide bonds. The van der Waals surface area contributed by atoms with Crippen LogP contribution < -0.4 is 10.9 Å². The Hall–Kier alpha value is -2.48.